The van der Waals surface area contributed by atoms with E-state index in [4.69, 9.17) is 15.7 Å². The van der Waals surface area contributed by atoms with Crippen LogP contribution in [0.1, 0.15) is 16.7 Å². The Kier molecular flexibility index (Phi) is 4.57. The number of anilines is 1. The molecule has 0 spiro atoms. The third-order valence-corrected chi connectivity index (χ3v) is 3.80. The molecule has 0 atom stereocenters. The van der Waals surface area contributed by atoms with Crippen molar-refractivity contribution in [2.24, 2.45) is 0 Å². The van der Waals surface area contributed by atoms with Gasteiger partial charge in [0, 0.05) is 18.8 Å². The van der Waals surface area contributed by atoms with Gasteiger partial charge < -0.3 is 10.5 Å². The standard InChI is InChI=1S/C19H15FN4O/c1-25-16-6-5-15(8-13-10-23-19(22)24-11-13)18(20)17(16)14-4-2-3-12(7-14)9-21/h2-7,10-11H,8H2,1H3,(H2,22,23,24). The summed E-state index contributed by atoms with van der Waals surface area (Å²) >= 11 is 0. The van der Waals surface area contributed by atoms with E-state index < -0.39 is 5.82 Å². The normalized spacial score (nSPS) is 10.3. The van der Waals surface area contributed by atoms with Crippen molar-refractivity contribution in [3.8, 4) is 22.9 Å². The van der Waals surface area contributed by atoms with E-state index in [0.29, 0.717) is 34.4 Å². The lowest BCUT2D eigenvalue weighted by Gasteiger charge is -2.13. The Labute approximate surface area is 144 Å². The minimum Gasteiger partial charge on any atom is -0.496 e. The number of aromatic nitrogens is 2. The number of nitrogens with zero attached hydrogens (tertiary/aromatic N) is 3. The molecule has 0 aliphatic heterocycles. The lowest BCUT2D eigenvalue weighted by atomic mass is 9.97. The first-order valence-electron chi connectivity index (χ1n) is 7.54. The van der Waals surface area contributed by atoms with Crippen LogP contribution in [-0.4, -0.2) is 17.1 Å². The quantitative estimate of drug-likeness (QED) is 0.791. The van der Waals surface area contributed by atoms with Gasteiger partial charge in [-0.3, -0.25) is 0 Å². The molecule has 2 N–H and O–H groups in total. The molecular formula is C19H15FN4O. The molecule has 0 saturated carbocycles. The van der Waals surface area contributed by atoms with Crippen molar-refractivity contribution in [2.75, 3.05) is 12.8 Å². The minimum atomic E-state index is -0.397. The fraction of sp³-hybridized carbons (Fsp3) is 0.105. The molecule has 0 saturated heterocycles. The fourth-order valence-electron chi connectivity index (χ4n) is 2.60. The van der Waals surface area contributed by atoms with E-state index in [1.807, 2.05) is 0 Å². The van der Waals surface area contributed by atoms with Gasteiger partial charge >= 0.3 is 0 Å². The van der Waals surface area contributed by atoms with Crippen molar-refractivity contribution >= 4 is 5.95 Å². The first kappa shape index (κ1) is 16.4. The molecule has 0 amide bonds. The van der Waals surface area contributed by atoms with Gasteiger partial charge in [0.25, 0.3) is 0 Å². The average molecular weight is 334 g/mol. The van der Waals surface area contributed by atoms with Crippen molar-refractivity contribution in [1.29, 1.82) is 5.26 Å². The maximum atomic E-state index is 15.2. The molecule has 3 aromatic rings. The Hall–Kier alpha value is -3.46. The van der Waals surface area contributed by atoms with Crippen LogP contribution in [0.15, 0.2) is 48.8 Å². The number of halogens is 1. The van der Waals surface area contributed by atoms with Gasteiger partial charge in [0.15, 0.2) is 0 Å². The highest BCUT2D eigenvalue weighted by atomic mass is 19.1. The SMILES string of the molecule is COc1ccc(Cc2cnc(N)nc2)c(F)c1-c1cccc(C#N)c1. The summed E-state index contributed by atoms with van der Waals surface area (Å²) in [6.07, 6.45) is 3.46. The van der Waals surface area contributed by atoms with Crippen molar-refractivity contribution in [3.63, 3.8) is 0 Å². The number of nitrogens with two attached hydrogens (primary N) is 1. The van der Waals surface area contributed by atoms with E-state index in [1.165, 1.54) is 7.11 Å². The van der Waals surface area contributed by atoms with Gasteiger partial charge in [-0.1, -0.05) is 18.2 Å². The van der Waals surface area contributed by atoms with Crippen LogP contribution in [0.2, 0.25) is 0 Å². The molecule has 1 heterocycles. The van der Waals surface area contributed by atoms with Crippen LogP contribution in [0.3, 0.4) is 0 Å². The molecule has 0 bridgehead atoms. The number of benzene rings is 2. The van der Waals surface area contributed by atoms with Crippen LogP contribution < -0.4 is 10.5 Å². The van der Waals surface area contributed by atoms with Crippen molar-refractivity contribution < 1.29 is 9.13 Å². The topological polar surface area (TPSA) is 84.8 Å². The lowest BCUT2D eigenvalue weighted by Crippen LogP contribution is -2.01. The average Bonchev–Trinajstić information content (AvgIpc) is 2.65. The molecule has 25 heavy (non-hydrogen) atoms. The van der Waals surface area contributed by atoms with E-state index >= 15 is 4.39 Å². The molecule has 5 nitrogen and oxygen atoms in total. The second-order valence-corrected chi connectivity index (χ2v) is 5.43. The molecule has 2 aromatic carbocycles. The van der Waals surface area contributed by atoms with Crippen LogP contribution in [0.4, 0.5) is 10.3 Å². The van der Waals surface area contributed by atoms with Crippen LogP contribution in [0, 0.1) is 17.1 Å². The van der Waals surface area contributed by atoms with E-state index in [1.54, 1.807) is 48.8 Å². The molecule has 124 valence electrons. The van der Waals surface area contributed by atoms with Gasteiger partial charge in [-0.05, 0) is 34.9 Å². The van der Waals surface area contributed by atoms with Crippen molar-refractivity contribution in [3.05, 3.63) is 71.3 Å². The third kappa shape index (κ3) is 3.40. The molecule has 6 heteroatoms. The zero-order valence-corrected chi connectivity index (χ0v) is 13.5. The Balaban J connectivity index is 2.08. The van der Waals surface area contributed by atoms with Gasteiger partial charge in [-0.15, -0.1) is 0 Å². The second-order valence-electron chi connectivity index (χ2n) is 5.43. The van der Waals surface area contributed by atoms with E-state index in [-0.39, 0.29) is 5.95 Å². The highest BCUT2D eigenvalue weighted by molar-refractivity contribution is 5.73. The van der Waals surface area contributed by atoms with Crippen LogP contribution in [0.5, 0.6) is 5.75 Å². The Morgan fingerprint density at radius 3 is 2.64 bits per heavy atom. The molecule has 1 aromatic heterocycles. The maximum absolute atomic E-state index is 15.2. The number of hydrogen-bond donors (Lipinski definition) is 1. The fourth-order valence-corrected chi connectivity index (χ4v) is 2.60. The summed E-state index contributed by atoms with van der Waals surface area (Å²) < 4.78 is 20.5. The number of nitriles is 1. The zero-order chi connectivity index (χ0) is 17.8. The van der Waals surface area contributed by atoms with Crippen LogP contribution >= 0.6 is 0 Å². The Morgan fingerprint density at radius 2 is 1.96 bits per heavy atom. The Bertz CT molecular complexity index is 949. The summed E-state index contributed by atoms with van der Waals surface area (Å²) in [5.74, 6) is 0.184. The lowest BCUT2D eigenvalue weighted by molar-refractivity contribution is 0.413. The van der Waals surface area contributed by atoms with E-state index in [9.17, 15) is 0 Å². The highest BCUT2D eigenvalue weighted by Gasteiger charge is 2.17. The monoisotopic (exact) mass is 334 g/mol. The molecule has 3 rings (SSSR count). The van der Waals surface area contributed by atoms with Crippen molar-refractivity contribution in [2.45, 2.75) is 6.42 Å². The smallest absolute Gasteiger partial charge is 0.219 e. The number of methoxy groups -OCH3 is 1. The van der Waals surface area contributed by atoms with E-state index in [2.05, 4.69) is 16.0 Å². The predicted molar refractivity (Wildman–Crippen MR) is 92.4 cm³/mol. The molecule has 0 fully saturated rings. The van der Waals surface area contributed by atoms with Crippen LogP contribution in [0.25, 0.3) is 11.1 Å². The minimum absolute atomic E-state index is 0.174. The van der Waals surface area contributed by atoms with Gasteiger partial charge in [0.05, 0.1) is 24.3 Å². The zero-order valence-electron chi connectivity index (χ0n) is 13.5. The third-order valence-electron chi connectivity index (χ3n) is 3.80. The second kappa shape index (κ2) is 6.97. The van der Waals surface area contributed by atoms with Gasteiger partial charge in [-0.2, -0.15) is 5.26 Å². The van der Waals surface area contributed by atoms with E-state index in [0.717, 1.165) is 5.56 Å². The summed E-state index contributed by atoms with van der Waals surface area (Å²) in [6.45, 7) is 0. The molecule has 0 aliphatic carbocycles. The number of rotatable bonds is 4. The summed E-state index contributed by atoms with van der Waals surface area (Å²) in [5.41, 5.74) is 8.07. The summed E-state index contributed by atoms with van der Waals surface area (Å²) in [4.78, 5) is 7.85. The number of hydrogen-bond acceptors (Lipinski definition) is 5. The summed E-state index contributed by atoms with van der Waals surface area (Å²) in [7, 11) is 1.49. The Morgan fingerprint density at radius 1 is 1.20 bits per heavy atom. The van der Waals surface area contributed by atoms with Gasteiger partial charge in [0.2, 0.25) is 5.95 Å². The summed E-state index contributed by atoms with van der Waals surface area (Å²) in [6, 6.07) is 12.2. The summed E-state index contributed by atoms with van der Waals surface area (Å²) in [5, 5.41) is 9.08. The first-order valence-corrected chi connectivity index (χ1v) is 7.54. The van der Waals surface area contributed by atoms with Crippen molar-refractivity contribution in [1.82, 2.24) is 9.97 Å². The molecular weight excluding hydrogens is 319 g/mol. The van der Waals surface area contributed by atoms with Gasteiger partial charge in [-0.25, -0.2) is 14.4 Å². The van der Waals surface area contributed by atoms with Crippen LogP contribution in [-0.2, 0) is 6.42 Å². The number of ether oxygens (including phenoxy) is 1. The first-order chi connectivity index (χ1) is 12.1. The van der Waals surface area contributed by atoms with Gasteiger partial charge in [0.1, 0.15) is 11.6 Å². The highest BCUT2D eigenvalue weighted by Crippen LogP contribution is 2.35. The molecule has 0 unspecified atom stereocenters. The number of nitrogen functional groups attached to an aromatic ring is 1. The largest absolute Gasteiger partial charge is 0.496 e. The maximum Gasteiger partial charge on any atom is 0.219 e. The molecule has 0 radical (unpaired) electrons. The molecule has 0 aliphatic rings. The predicted octanol–water partition coefficient (Wildman–Crippen LogP) is 3.34.